The molecule has 8 nitrogen and oxygen atoms in total. The normalized spacial score (nSPS) is 18.7. The molecule has 1 fully saturated rings. The summed E-state index contributed by atoms with van der Waals surface area (Å²) in [6.07, 6.45) is 7.11. The van der Waals surface area contributed by atoms with Gasteiger partial charge in [-0.3, -0.25) is 19.4 Å². The van der Waals surface area contributed by atoms with Crippen molar-refractivity contribution in [2.75, 3.05) is 0 Å². The Balaban J connectivity index is 1.48. The van der Waals surface area contributed by atoms with Crippen LogP contribution in [-0.2, 0) is 0 Å². The highest BCUT2D eigenvalue weighted by molar-refractivity contribution is 6.07. The van der Waals surface area contributed by atoms with Crippen molar-refractivity contribution < 1.29 is 9.59 Å². The number of hydrogen-bond donors (Lipinski definition) is 3. The Kier molecular flexibility index (Phi) is 4.84. The minimum atomic E-state index is -0.436. The van der Waals surface area contributed by atoms with Gasteiger partial charge in [-0.1, -0.05) is 12.1 Å². The van der Waals surface area contributed by atoms with Gasteiger partial charge in [0.05, 0.1) is 11.8 Å². The summed E-state index contributed by atoms with van der Waals surface area (Å²) in [5.41, 5.74) is 0.340. The molecule has 1 aliphatic rings. The first-order chi connectivity index (χ1) is 13.6. The topological polar surface area (TPSA) is 117 Å². The number of carbonyl (C=O) groups is 2. The molecule has 2 heterocycles. The molecule has 0 unspecified atom stereocenters. The van der Waals surface area contributed by atoms with Gasteiger partial charge in [-0.25, -0.2) is 5.10 Å². The second kappa shape index (κ2) is 7.59. The summed E-state index contributed by atoms with van der Waals surface area (Å²) in [7, 11) is 0. The molecule has 2 amide bonds. The second-order valence-electron chi connectivity index (χ2n) is 6.83. The molecule has 1 saturated carbocycles. The van der Waals surface area contributed by atoms with E-state index < -0.39 is 5.56 Å². The van der Waals surface area contributed by atoms with Crippen molar-refractivity contribution >= 4 is 22.6 Å². The smallest absolute Gasteiger partial charge is 0.264 e. The van der Waals surface area contributed by atoms with E-state index in [0.29, 0.717) is 5.56 Å². The molecule has 1 aromatic carbocycles. The molecule has 3 aromatic rings. The summed E-state index contributed by atoms with van der Waals surface area (Å²) >= 11 is 0. The third-order valence-electron chi connectivity index (χ3n) is 5.00. The van der Waals surface area contributed by atoms with Crippen LogP contribution in [0.25, 0.3) is 10.8 Å². The highest BCUT2D eigenvalue weighted by atomic mass is 16.2. The van der Waals surface area contributed by atoms with E-state index in [1.165, 1.54) is 12.3 Å². The minimum absolute atomic E-state index is 0.177. The maximum absolute atomic E-state index is 12.9. The predicted octanol–water partition coefficient (Wildman–Crippen LogP) is 1.40. The average Bonchev–Trinajstić information content (AvgIpc) is 3.14. The summed E-state index contributed by atoms with van der Waals surface area (Å²) in [6.45, 7) is 0. The predicted molar refractivity (Wildman–Crippen MR) is 103 cm³/mol. The summed E-state index contributed by atoms with van der Waals surface area (Å²) < 4.78 is 0. The van der Waals surface area contributed by atoms with Gasteiger partial charge in [0.1, 0.15) is 0 Å². The number of nitrogens with zero attached hydrogens (tertiary/aromatic N) is 2. The molecule has 2 aromatic heterocycles. The first-order valence-electron chi connectivity index (χ1n) is 9.11. The zero-order valence-corrected chi connectivity index (χ0v) is 15.0. The van der Waals surface area contributed by atoms with Crippen LogP contribution in [0.5, 0.6) is 0 Å². The number of nitrogens with one attached hydrogen (secondary N) is 3. The lowest BCUT2D eigenvalue weighted by atomic mass is 10.0. The van der Waals surface area contributed by atoms with Crippen LogP contribution in [0.2, 0.25) is 0 Å². The van der Waals surface area contributed by atoms with Crippen LogP contribution in [0.3, 0.4) is 0 Å². The number of aromatic amines is 1. The fourth-order valence-corrected chi connectivity index (χ4v) is 3.62. The van der Waals surface area contributed by atoms with Crippen LogP contribution in [0.1, 0.15) is 40.0 Å². The van der Waals surface area contributed by atoms with Gasteiger partial charge in [0.25, 0.3) is 17.4 Å². The lowest BCUT2D eigenvalue weighted by Crippen LogP contribution is -2.48. The molecule has 2 atom stereocenters. The van der Waals surface area contributed by atoms with E-state index in [4.69, 9.17) is 0 Å². The summed E-state index contributed by atoms with van der Waals surface area (Å²) in [5, 5.41) is 13.6. The van der Waals surface area contributed by atoms with E-state index in [-0.39, 0.29) is 29.5 Å². The number of benzene rings is 1. The molecular weight excluding hydrogens is 358 g/mol. The average molecular weight is 377 g/mol. The van der Waals surface area contributed by atoms with Crippen LogP contribution >= 0.6 is 0 Å². The third kappa shape index (κ3) is 3.62. The maximum Gasteiger partial charge on any atom is 0.264 e. The van der Waals surface area contributed by atoms with E-state index in [9.17, 15) is 14.4 Å². The first kappa shape index (κ1) is 17.8. The largest absolute Gasteiger partial charge is 0.347 e. The standard InChI is InChI=1S/C20H19N5O3/c26-18-9-13(11-22-25-18)19(27)23-16-5-2-6-17(16)24-20(28)15-4-1-3-12-10-21-8-7-14(12)15/h1,3-4,7-11,16-17H,2,5-6H2,(H,23,27)(H,24,28)(H,25,26)/t16-,17-/m1/s1. The zero-order chi connectivity index (χ0) is 19.5. The quantitative estimate of drug-likeness (QED) is 0.635. The highest BCUT2D eigenvalue weighted by Crippen LogP contribution is 2.22. The number of fused-ring (bicyclic) bond motifs is 1. The third-order valence-corrected chi connectivity index (χ3v) is 5.00. The Bertz CT molecular complexity index is 1090. The van der Waals surface area contributed by atoms with Crippen molar-refractivity contribution in [1.82, 2.24) is 25.8 Å². The molecule has 0 bridgehead atoms. The lowest BCUT2D eigenvalue weighted by molar-refractivity contribution is 0.0892. The van der Waals surface area contributed by atoms with Gasteiger partial charge < -0.3 is 10.6 Å². The van der Waals surface area contributed by atoms with Gasteiger partial charge in [0.15, 0.2) is 0 Å². The van der Waals surface area contributed by atoms with Gasteiger partial charge >= 0.3 is 0 Å². The molecule has 0 spiro atoms. The molecule has 0 radical (unpaired) electrons. The molecule has 1 aliphatic carbocycles. The fourth-order valence-electron chi connectivity index (χ4n) is 3.62. The van der Waals surface area contributed by atoms with Crippen molar-refractivity contribution in [3.8, 4) is 0 Å². The molecule has 0 aliphatic heterocycles. The molecule has 0 saturated heterocycles. The number of hydrogen-bond acceptors (Lipinski definition) is 5. The fraction of sp³-hybridized carbons (Fsp3) is 0.250. The van der Waals surface area contributed by atoms with Crippen molar-refractivity contribution in [3.63, 3.8) is 0 Å². The first-order valence-corrected chi connectivity index (χ1v) is 9.11. The second-order valence-corrected chi connectivity index (χ2v) is 6.83. The van der Waals surface area contributed by atoms with Gasteiger partial charge in [-0.15, -0.1) is 0 Å². The SMILES string of the molecule is O=C(N[C@@H]1CCC[C@H]1NC(=O)c1cccc2cnccc12)c1cn[nH]c(=O)c1. The van der Waals surface area contributed by atoms with E-state index in [2.05, 4.69) is 25.8 Å². The molecular formula is C20H19N5O3. The van der Waals surface area contributed by atoms with Crippen LogP contribution < -0.4 is 16.2 Å². The van der Waals surface area contributed by atoms with Crippen molar-refractivity contribution in [2.24, 2.45) is 0 Å². The molecule has 142 valence electrons. The molecule has 3 N–H and O–H groups in total. The monoisotopic (exact) mass is 377 g/mol. The summed E-state index contributed by atoms with van der Waals surface area (Å²) in [5.74, 6) is -0.554. The lowest BCUT2D eigenvalue weighted by Gasteiger charge is -2.22. The van der Waals surface area contributed by atoms with E-state index in [0.717, 1.165) is 30.0 Å². The van der Waals surface area contributed by atoms with Crippen LogP contribution in [-0.4, -0.2) is 39.1 Å². The zero-order valence-electron chi connectivity index (χ0n) is 15.0. The Morgan fingerprint density at radius 3 is 2.61 bits per heavy atom. The molecule has 28 heavy (non-hydrogen) atoms. The highest BCUT2D eigenvalue weighted by Gasteiger charge is 2.30. The van der Waals surface area contributed by atoms with Crippen molar-refractivity contribution in [2.45, 2.75) is 31.3 Å². The number of amides is 2. The van der Waals surface area contributed by atoms with Crippen LogP contribution in [0.15, 0.2) is 53.7 Å². The number of H-pyrrole nitrogens is 1. The van der Waals surface area contributed by atoms with E-state index in [1.54, 1.807) is 18.5 Å². The molecule has 4 rings (SSSR count). The van der Waals surface area contributed by atoms with E-state index in [1.807, 2.05) is 18.2 Å². The minimum Gasteiger partial charge on any atom is -0.347 e. The Morgan fingerprint density at radius 2 is 1.82 bits per heavy atom. The van der Waals surface area contributed by atoms with Crippen LogP contribution in [0, 0.1) is 0 Å². The van der Waals surface area contributed by atoms with Gasteiger partial charge in [-0.05, 0) is 36.8 Å². The van der Waals surface area contributed by atoms with Gasteiger partial charge in [0.2, 0.25) is 0 Å². The number of aromatic nitrogens is 3. The Hall–Kier alpha value is -3.55. The van der Waals surface area contributed by atoms with Crippen molar-refractivity contribution in [1.29, 1.82) is 0 Å². The number of carbonyl (C=O) groups excluding carboxylic acids is 2. The number of pyridine rings is 1. The number of rotatable bonds is 4. The summed E-state index contributed by atoms with van der Waals surface area (Å²) in [6, 6.07) is 8.16. The van der Waals surface area contributed by atoms with Crippen molar-refractivity contribution in [3.05, 3.63) is 70.4 Å². The van der Waals surface area contributed by atoms with Crippen LogP contribution in [0.4, 0.5) is 0 Å². The van der Waals surface area contributed by atoms with Gasteiger partial charge in [0, 0.05) is 41.5 Å². The van der Waals surface area contributed by atoms with Gasteiger partial charge in [-0.2, -0.15) is 5.10 Å². The Labute approximate surface area is 160 Å². The summed E-state index contributed by atoms with van der Waals surface area (Å²) in [4.78, 5) is 40.7. The maximum atomic E-state index is 12.9. The van der Waals surface area contributed by atoms with E-state index >= 15 is 0 Å². The Morgan fingerprint density at radius 1 is 1.04 bits per heavy atom. The molecule has 8 heteroatoms.